The molecule has 0 aliphatic carbocycles. The van der Waals surface area contributed by atoms with E-state index in [2.05, 4.69) is 20.7 Å². The molecule has 2 aliphatic rings. The van der Waals surface area contributed by atoms with Crippen molar-refractivity contribution in [3.05, 3.63) is 66.1 Å². The number of aryl methyl sites for hydroxylation is 1. The van der Waals surface area contributed by atoms with Gasteiger partial charge in [0.15, 0.2) is 17.4 Å². The topological polar surface area (TPSA) is 178 Å². The number of alkyl halides is 1. The highest BCUT2D eigenvalue weighted by atomic mass is 19.1. The van der Waals surface area contributed by atoms with E-state index < -0.39 is 60.1 Å². The monoisotopic (exact) mass is 670 g/mol. The van der Waals surface area contributed by atoms with E-state index in [1.54, 1.807) is 58.3 Å². The number of anilines is 1. The standard InChI is InChI=1S/C33H43FN6O8/c1-20-7-5-12-35-28(42)10-9-21(2)30(22(3)18-47-33(45)37-27-11-14-39(4)38-27)48-32(44)26-8-6-13-40(26)31(43)25-19-46-29(36-25)17-23(34)16-24(41)15-20/h5,7,9-11,14-15,19,21-24,26,30,41H,6,8,12-13,16-18H2,1-4H3,(H,35,42)(H,37,38,45)/b7-5+,10-9+,20-15+. The van der Waals surface area contributed by atoms with Crippen LogP contribution in [-0.4, -0.2) is 92.8 Å². The Morgan fingerprint density at radius 2 is 2.08 bits per heavy atom. The zero-order valence-electron chi connectivity index (χ0n) is 27.5. The minimum Gasteiger partial charge on any atom is -0.460 e. The summed E-state index contributed by atoms with van der Waals surface area (Å²) in [6.45, 7) is 5.58. The van der Waals surface area contributed by atoms with E-state index in [4.69, 9.17) is 13.9 Å². The molecular weight excluding hydrogens is 627 g/mol. The minimum atomic E-state index is -1.50. The molecule has 0 saturated carbocycles. The summed E-state index contributed by atoms with van der Waals surface area (Å²) in [5.74, 6) is -2.34. The van der Waals surface area contributed by atoms with Gasteiger partial charge in [-0.2, -0.15) is 5.10 Å². The van der Waals surface area contributed by atoms with Gasteiger partial charge in [0.1, 0.15) is 24.6 Å². The van der Waals surface area contributed by atoms with Gasteiger partial charge in [-0.1, -0.05) is 43.7 Å². The molecule has 3 N–H and O–H groups in total. The smallest absolute Gasteiger partial charge is 0.412 e. The van der Waals surface area contributed by atoms with Crippen molar-refractivity contribution in [2.75, 3.05) is 25.0 Å². The summed E-state index contributed by atoms with van der Waals surface area (Å²) in [6.07, 6.45) is 6.86. The molecule has 2 bridgehead atoms. The van der Waals surface area contributed by atoms with Gasteiger partial charge in [-0.25, -0.2) is 19.0 Å². The van der Waals surface area contributed by atoms with Crippen molar-refractivity contribution in [2.45, 2.75) is 70.9 Å². The third kappa shape index (κ3) is 10.4. The number of carbonyl (C=O) groups excluding carboxylic acids is 4. The second kappa shape index (κ2) is 16.9. The number of aliphatic hydroxyl groups excluding tert-OH is 1. The van der Waals surface area contributed by atoms with Crippen LogP contribution in [0.5, 0.6) is 0 Å². The fourth-order valence-electron chi connectivity index (χ4n) is 5.56. The summed E-state index contributed by atoms with van der Waals surface area (Å²) < 4.78 is 33.1. The summed E-state index contributed by atoms with van der Waals surface area (Å²) in [6, 6.07) is 0.682. The molecule has 48 heavy (non-hydrogen) atoms. The number of rotatable bonds is 4. The number of nitrogens with one attached hydrogen (secondary N) is 2. The first-order valence-corrected chi connectivity index (χ1v) is 15.9. The maximum absolute atomic E-state index is 14.8. The van der Waals surface area contributed by atoms with Crippen molar-refractivity contribution in [3.63, 3.8) is 0 Å². The average Bonchev–Trinajstić information content (AvgIpc) is 3.80. The first-order chi connectivity index (χ1) is 22.9. The lowest BCUT2D eigenvalue weighted by Gasteiger charge is -2.30. The molecular formula is C33H43FN6O8. The fraction of sp³-hybridized carbons (Fsp3) is 0.515. The molecule has 2 aromatic heterocycles. The Bertz CT molecular complexity index is 1530. The number of aromatic nitrogens is 3. The normalized spacial score (nSPS) is 27.9. The first kappa shape index (κ1) is 36.1. The Morgan fingerprint density at radius 3 is 2.83 bits per heavy atom. The van der Waals surface area contributed by atoms with Crippen molar-refractivity contribution < 1.29 is 42.6 Å². The van der Waals surface area contributed by atoms with Gasteiger partial charge in [-0.15, -0.1) is 0 Å². The number of aliphatic hydroxyl groups is 1. The summed E-state index contributed by atoms with van der Waals surface area (Å²) in [7, 11) is 1.71. The second-order valence-electron chi connectivity index (χ2n) is 12.1. The summed E-state index contributed by atoms with van der Waals surface area (Å²) in [5, 5.41) is 19.7. The molecule has 4 rings (SSSR count). The van der Waals surface area contributed by atoms with Gasteiger partial charge in [-0.3, -0.25) is 19.6 Å². The van der Waals surface area contributed by atoms with E-state index in [1.165, 1.54) is 21.7 Å². The number of hydrogen-bond donors (Lipinski definition) is 3. The zero-order chi connectivity index (χ0) is 34.8. The fourth-order valence-corrected chi connectivity index (χ4v) is 5.56. The van der Waals surface area contributed by atoms with Crippen molar-refractivity contribution in [1.29, 1.82) is 0 Å². The van der Waals surface area contributed by atoms with Crippen LogP contribution in [0.1, 0.15) is 56.4 Å². The summed E-state index contributed by atoms with van der Waals surface area (Å²) in [4.78, 5) is 57.5. The third-order valence-corrected chi connectivity index (χ3v) is 7.98. The number of halogens is 1. The second-order valence-corrected chi connectivity index (χ2v) is 12.1. The van der Waals surface area contributed by atoms with Gasteiger partial charge in [0.05, 0.1) is 19.1 Å². The zero-order valence-corrected chi connectivity index (χ0v) is 27.5. The molecule has 1 fully saturated rings. The van der Waals surface area contributed by atoms with Crippen LogP contribution in [0.25, 0.3) is 0 Å². The van der Waals surface area contributed by atoms with E-state index >= 15 is 0 Å². The number of carbonyl (C=O) groups is 4. The van der Waals surface area contributed by atoms with Gasteiger partial charge in [0, 0.05) is 50.7 Å². The summed E-state index contributed by atoms with van der Waals surface area (Å²) in [5.41, 5.74) is 0.599. The predicted molar refractivity (Wildman–Crippen MR) is 171 cm³/mol. The molecule has 0 spiro atoms. The molecule has 6 atom stereocenters. The number of nitrogens with zero attached hydrogens (tertiary/aromatic N) is 4. The maximum Gasteiger partial charge on any atom is 0.412 e. The molecule has 6 unspecified atom stereocenters. The number of oxazole rings is 1. The highest BCUT2D eigenvalue weighted by molar-refractivity contribution is 5.95. The predicted octanol–water partition coefficient (Wildman–Crippen LogP) is 3.27. The van der Waals surface area contributed by atoms with E-state index in [-0.39, 0.29) is 44.1 Å². The van der Waals surface area contributed by atoms with Crippen molar-refractivity contribution >= 4 is 29.7 Å². The quantitative estimate of drug-likeness (QED) is 0.409. The van der Waals surface area contributed by atoms with E-state index in [0.717, 1.165) is 6.26 Å². The SMILES string of the molecule is CC1=C\C(O)CC(F)Cc2nc(co2)C(=O)N2CCCC2C(=O)OC(C(C)COC(=O)Nc2ccn(C)n2)C(C)/C=C/C(=O)NC\C=C\1. The highest BCUT2D eigenvalue weighted by Crippen LogP contribution is 2.26. The molecule has 0 aromatic carbocycles. The van der Waals surface area contributed by atoms with Crippen LogP contribution < -0.4 is 10.6 Å². The van der Waals surface area contributed by atoms with Gasteiger partial charge >= 0.3 is 12.1 Å². The number of ether oxygens (including phenoxy) is 2. The molecule has 1 saturated heterocycles. The largest absolute Gasteiger partial charge is 0.460 e. The van der Waals surface area contributed by atoms with Crippen LogP contribution in [0.15, 0.2) is 58.9 Å². The number of fused-ring (bicyclic) bond motifs is 3. The highest BCUT2D eigenvalue weighted by Gasteiger charge is 2.39. The molecule has 260 valence electrons. The lowest BCUT2D eigenvalue weighted by molar-refractivity contribution is -0.159. The van der Waals surface area contributed by atoms with Crippen LogP contribution in [0.4, 0.5) is 15.0 Å². The van der Waals surface area contributed by atoms with Gasteiger partial charge in [0.2, 0.25) is 5.91 Å². The Morgan fingerprint density at radius 1 is 1.29 bits per heavy atom. The number of amides is 3. The Hall–Kier alpha value is -4.79. The van der Waals surface area contributed by atoms with Crippen LogP contribution in [0.3, 0.4) is 0 Å². The number of allylic oxidation sites excluding steroid dienone is 2. The lowest BCUT2D eigenvalue weighted by atomic mass is 9.93. The Balaban J connectivity index is 1.54. The molecule has 2 aromatic rings. The molecule has 2 aliphatic heterocycles. The van der Waals surface area contributed by atoms with Crippen molar-refractivity contribution in [2.24, 2.45) is 18.9 Å². The van der Waals surface area contributed by atoms with Gasteiger partial charge in [0.25, 0.3) is 5.91 Å². The van der Waals surface area contributed by atoms with Crippen molar-refractivity contribution in [1.82, 2.24) is 25.0 Å². The molecule has 3 amide bonds. The molecule has 4 heterocycles. The molecule has 14 nitrogen and oxygen atoms in total. The number of hydrogen-bond acceptors (Lipinski definition) is 10. The average molecular weight is 671 g/mol. The van der Waals surface area contributed by atoms with E-state index in [0.29, 0.717) is 24.2 Å². The van der Waals surface area contributed by atoms with Crippen LogP contribution >= 0.6 is 0 Å². The van der Waals surface area contributed by atoms with Gasteiger partial charge in [-0.05, 0) is 25.8 Å². The van der Waals surface area contributed by atoms with E-state index in [1.807, 2.05) is 0 Å². The van der Waals surface area contributed by atoms with E-state index in [9.17, 15) is 28.7 Å². The maximum atomic E-state index is 14.8. The third-order valence-electron chi connectivity index (χ3n) is 7.98. The summed E-state index contributed by atoms with van der Waals surface area (Å²) >= 11 is 0. The van der Waals surface area contributed by atoms with Crippen LogP contribution in [0, 0.1) is 11.8 Å². The Kier molecular flexibility index (Phi) is 12.7. The minimum absolute atomic E-state index is 0.00677. The molecule has 15 heteroatoms. The number of cyclic esters (lactones) is 1. The van der Waals surface area contributed by atoms with Crippen LogP contribution in [-0.2, 0) is 32.5 Å². The Labute approximate surface area is 278 Å². The van der Waals surface area contributed by atoms with Crippen molar-refractivity contribution in [3.8, 4) is 0 Å². The number of esters is 1. The van der Waals surface area contributed by atoms with Crippen LogP contribution in [0.2, 0.25) is 0 Å². The van der Waals surface area contributed by atoms with Gasteiger partial charge < -0.3 is 29.2 Å². The molecule has 0 radical (unpaired) electrons. The first-order valence-electron chi connectivity index (χ1n) is 15.9. The lowest BCUT2D eigenvalue weighted by Crippen LogP contribution is -2.44.